The highest BCUT2D eigenvalue weighted by atomic mass is 16.5. The Morgan fingerprint density at radius 1 is 1.28 bits per heavy atom. The zero-order valence-corrected chi connectivity index (χ0v) is 10.9. The number of nitrogens with two attached hydrogens (primary N) is 1. The van der Waals surface area contributed by atoms with Crippen LogP contribution in [0.25, 0.3) is 11.3 Å². The van der Waals surface area contributed by atoms with Gasteiger partial charge in [0.1, 0.15) is 5.75 Å². The number of aryl methyl sites for hydroxylation is 1. The van der Waals surface area contributed by atoms with Crippen LogP contribution >= 0.6 is 0 Å². The second kappa shape index (κ2) is 5.69. The van der Waals surface area contributed by atoms with Crippen LogP contribution in [0.5, 0.6) is 5.75 Å². The number of nitrogens with zero attached hydrogens (tertiary/aromatic N) is 2. The second-order valence-electron chi connectivity index (χ2n) is 4.22. The molecule has 2 aromatic rings. The maximum Gasteiger partial charge on any atom is 0.119 e. The zero-order chi connectivity index (χ0) is 13.0. The molecule has 0 bridgehead atoms. The van der Waals surface area contributed by atoms with E-state index in [2.05, 4.69) is 12.0 Å². The van der Waals surface area contributed by atoms with Crippen molar-refractivity contribution in [2.45, 2.75) is 19.9 Å². The standard InChI is InChI=1S/C14H19N3O/c1-3-8-18-13-6-4-11(5-7-13)14-9-12(10-15)16-17(14)2/h4-7,9H,3,8,10,15H2,1-2H3. The molecule has 96 valence electrons. The molecular formula is C14H19N3O. The minimum Gasteiger partial charge on any atom is -0.494 e. The Morgan fingerprint density at radius 3 is 2.56 bits per heavy atom. The van der Waals surface area contributed by atoms with Gasteiger partial charge in [0.25, 0.3) is 0 Å². The zero-order valence-electron chi connectivity index (χ0n) is 10.9. The van der Waals surface area contributed by atoms with E-state index in [0.29, 0.717) is 6.54 Å². The lowest BCUT2D eigenvalue weighted by molar-refractivity contribution is 0.317. The van der Waals surface area contributed by atoms with Gasteiger partial charge in [0, 0.05) is 19.2 Å². The van der Waals surface area contributed by atoms with E-state index in [1.165, 1.54) is 0 Å². The van der Waals surface area contributed by atoms with Crippen LogP contribution in [-0.2, 0) is 13.6 Å². The van der Waals surface area contributed by atoms with E-state index in [1.807, 2.05) is 42.1 Å². The predicted octanol–water partition coefficient (Wildman–Crippen LogP) is 2.33. The lowest BCUT2D eigenvalue weighted by atomic mass is 10.1. The molecule has 0 radical (unpaired) electrons. The summed E-state index contributed by atoms with van der Waals surface area (Å²) in [7, 11) is 1.93. The third-order valence-corrected chi connectivity index (χ3v) is 2.76. The smallest absolute Gasteiger partial charge is 0.119 e. The molecule has 2 N–H and O–H groups in total. The van der Waals surface area contributed by atoms with Crippen molar-refractivity contribution >= 4 is 0 Å². The van der Waals surface area contributed by atoms with Crippen molar-refractivity contribution in [2.75, 3.05) is 6.61 Å². The van der Waals surface area contributed by atoms with Gasteiger partial charge in [0.15, 0.2) is 0 Å². The molecule has 4 nitrogen and oxygen atoms in total. The topological polar surface area (TPSA) is 53.1 Å². The molecule has 0 aliphatic carbocycles. The monoisotopic (exact) mass is 245 g/mol. The maximum absolute atomic E-state index is 5.59. The molecule has 0 saturated heterocycles. The number of ether oxygens (including phenoxy) is 1. The first-order valence-corrected chi connectivity index (χ1v) is 6.20. The van der Waals surface area contributed by atoms with E-state index in [4.69, 9.17) is 10.5 Å². The van der Waals surface area contributed by atoms with Crippen LogP contribution in [0.15, 0.2) is 30.3 Å². The molecule has 0 unspecified atom stereocenters. The van der Waals surface area contributed by atoms with Gasteiger partial charge in [0.05, 0.1) is 18.0 Å². The van der Waals surface area contributed by atoms with Crippen molar-refractivity contribution in [3.8, 4) is 17.0 Å². The molecule has 0 aliphatic rings. The van der Waals surface area contributed by atoms with Crippen LogP contribution in [0.2, 0.25) is 0 Å². The highest BCUT2D eigenvalue weighted by Crippen LogP contribution is 2.22. The minimum absolute atomic E-state index is 0.464. The SMILES string of the molecule is CCCOc1ccc(-c2cc(CN)nn2C)cc1. The lowest BCUT2D eigenvalue weighted by Crippen LogP contribution is -1.99. The molecule has 1 aromatic heterocycles. The summed E-state index contributed by atoms with van der Waals surface area (Å²) >= 11 is 0. The molecule has 1 aromatic carbocycles. The van der Waals surface area contributed by atoms with Crippen LogP contribution in [0.3, 0.4) is 0 Å². The highest BCUT2D eigenvalue weighted by Gasteiger charge is 2.06. The lowest BCUT2D eigenvalue weighted by Gasteiger charge is -2.06. The highest BCUT2D eigenvalue weighted by molar-refractivity contribution is 5.61. The van der Waals surface area contributed by atoms with Crippen molar-refractivity contribution in [1.82, 2.24) is 9.78 Å². The Kier molecular flexibility index (Phi) is 3.99. The summed E-state index contributed by atoms with van der Waals surface area (Å²) in [6, 6.07) is 10.1. The van der Waals surface area contributed by atoms with Crippen LogP contribution < -0.4 is 10.5 Å². The van der Waals surface area contributed by atoms with Crippen LogP contribution in [-0.4, -0.2) is 16.4 Å². The number of aromatic nitrogens is 2. The fourth-order valence-corrected chi connectivity index (χ4v) is 1.84. The molecule has 0 aliphatic heterocycles. The van der Waals surface area contributed by atoms with Gasteiger partial charge in [-0.25, -0.2) is 0 Å². The Bertz CT molecular complexity index is 502. The summed E-state index contributed by atoms with van der Waals surface area (Å²) in [4.78, 5) is 0. The van der Waals surface area contributed by atoms with Crippen molar-refractivity contribution < 1.29 is 4.74 Å². The second-order valence-corrected chi connectivity index (χ2v) is 4.22. The van der Waals surface area contributed by atoms with Crippen molar-refractivity contribution in [1.29, 1.82) is 0 Å². The maximum atomic E-state index is 5.59. The van der Waals surface area contributed by atoms with Crippen LogP contribution in [0, 0.1) is 0 Å². The minimum atomic E-state index is 0.464. The van der Waals surface area contributed by atoms with Gasteiger partial charge in [-0.3, -0.25) is 4.68 Å². The fourth-order valence-electron chi connectivity index (χ4n) is 1.84. The molecule has 0 amide bonds. The van der Waals surface area contributed by atoms with Gasteiger partial charge in [-0.1, -0.05) is 6.92 Å². The van der Waals surface area contributed by atoms with Gasteiger partial charge in [-0.05, 0) is 36.8 Å². The molecule has 0 saturated carbocycles. The van der Waals surface area contributed by atoms with E-state index in [-0.39, 0.29) is 0 Å². The van der Waals surface area contributed by atoms with Gasteiger partial charge >= 0.3 is 0 Å². The van der Waals surface area contributed by atoms with Crippen molar-refractivity contribution in [2.24, 2.45) is 12.8 Å². The number of rotatable bonds is 5. The molecule has 4 heteroatoms. The average molecular weight is 245 g/mol. The Morgan fingerprint density at radius 2 is 2.00 bits per heavy atom. The number of benzene rings is 1. The van der Waals surface area contributed by atoms with Gasteiger partial charge in [0.2, 0.25) is 0 Å². The van der Waals surface area contributed by atoms with Gasteiger partial charge in [-0.2, -0.15) is 5.10 Å². The molecule has 0 fully saturated rings. The summed E-state index contributed by atoms with van der Waals surface area (Å²) in [6.07, 6.45) is 1.02. The fraction of sp³-hybridized carbons (Fsp3) is 0.357. The van der Waals surface area contributed by atoms with Crippen LogP contribution in [0.4, 0.5) is 0 Å². The van der Waals surface area contributed by atoms with Crippen molar-refractivity contribution in [3.05, 3.63) is 36.0 Å². The largest absolute Gasteiger partial charge is 0.494 e. The number of hydrogen-bond acceptors (Lipinski definition) is 3. The van der Waals surface area contributed by atoms with E-state index in [9.17, 15) is 0 Å². The Balaban J connectivity index is 2.20. The normalized spacial score (nSPS) is 10.6. The third-order valence-electron chi connectivity index (χ3n) is 2.76. The Labute approximate surface area is 107 Å². The molecular weight excluding hydrogens is 226 g/mol. The van der Waals surface area contributed by atoms with Crippen LogP contribution in [0.1, 0.15) is 19.0 Å². The van der Waals surface area contributed by atoms with E-state index in [1.54, 1.807) is 0 Å². The van der Waals surface area contributed by atoms with Gasteiger partial charge in [-0.15, -0.1) is 0 Å². The summed E-state index contributed by atoms with van der Waals surface area (Å²) in [5.41, 5.74) is 8.68. The average Bonchev–Trinajstić information content (AvgIpc) is 2.78. The molecule has 1 heterocycles. The van der Waals surface area contributed by atoms with E-state index < -0.39 is 0 Å². The summed E-state index contributed by atoms with van der Waals surface area (Å²) in [5.74, 6) is 0.904. The molecule has 0 atom stereocenters. The molecule has 18 heavy (non-hydrogen) atoms. The summed E-state index contributed by atoms with van der Waals surface area (Å²) in [6.45, 7) is 3.31. The quantitative estimate of drug-likeness (QED) is 0.879. The summed E-state index contributed by atoms with van der Waals surface area (Å²) in [5, 5.41) is 4.34. The first-order chi connectivity index (χ1) is 8.74. The van der Waals surface area contributed by atoms with E-state index in [0.717, 1.165) is 35.7 Å². The number of hydrogen-bond donors (Lipinski definition) is 1. The Hall–Kier alpha value is -1.81. The first kappa shape index (κ1) is 12.6. The van der Waals surface area contributed by atoms with Crippen molar-refractivity contribution in [3.63, 3.8) is 0 Å². The first-order valence-electron chi connectivity index (χ1n) is 6.20. The molecule has 2 rings (SSSR count). The van der Waals surface area contributed by atoms with Gasteiger partial charge < -0.3 is 10.5 Å². The summed E-state index contributed by atoms with van der Waals surface area (Å²) < 4.78 is 7.41. The van der Waals surface area contributed by atoms with E-state index >= 15 is 0 Å². The third kappa shape index (κ3) is 2.71. The predicted molar refractivity (Wildman–Crippen MR) is 72.3 cm³/mol. The molecule has 0 spiro atoms.